The van der Waals surface area contributed by atoms with Crippen LogP contribution < -0.4 is 10.1 Å². The standard InChI is InChI=1S/C16H17NO5/c1-3-8-21-14-9-10(2)4-5-11(14)17-15(18)12-6-7-13(22-12)16(19)20/h4-7,9H,3,8H2,1-2H3,(H,17,18)(H,19,20). The number of rotatable bonds is 6. The SMILES string of the molecule is CCCOc1cc(C)ccc1NC(=O)c1ccc(C(=O)O)o1. The molecule has 1 amide bonds. The molecule has 0 saturated carbocycles. The zero-order valence-corrected chi connectivity index (χ0v) is 12.4. The van der Waals surface area contributed by atoms with Gasteiger partial charge in [0.15, 0.2) is 5.76 Å². The van der Waals surface area contributed by atoms with Gasteiger partial charge in [0, 0.05) is 0 Å². The summed E-state index contributed by atoms with van der Waals surface area (Å²) in [5.74, 6) is -1.53. The Kier molecular flexibility index (Phi) is 4.83. The molecule has 0 spiro atoms. The van der Waals surface area contributed by atoms with Crippen LogP contribution in [0.2, 0.25) is 0 Å². The van der Waals surface area contributed by atoms with Crippen LogP contribution in [-0.2, 0) is 0 Å². The van der Waals surface area contributed by atoms with Crippen molar-refractivity contribution in [1.82, 2.24) is 0 Å². The minimum atomic E-state index is -1.22. The van der Waals surface area contributed by atoms with Crippen LogP contribution in [0.15, 0.2) is 34.7 Å². The van der Waals surface area contributed by atoms with E-state index in [1.54, 1.807) is 6.07 Å². The van der Waals surface area contributed by atoms with Crippen molar-refractivity contribution in [2.75, 3.05) is 11.9 Å². The summed E-state index contributed by atoms with van der Waals surface area (Å²) in [5, 5.41) is 11.5. The van der Waals surface area contributed by atoms with Gasteiger partial charge in [0.1, 0.15) is 5.75 Å². The first kappa shape index (κ1) is 15.6. The summed E-state index contributed by atoms with van der Waals surface area (Å²) in [7, 11) is 0. The molecule has 116 valence electrons. The average molecular weight is 303 g/mol. The van der Waals surface area contributed by atoms with Crippen molar-refractivity contribution in [2.24, 2.45) is 0 Å². The normalized spacial score (nSPS) is 10.3. The smallest absolute Gasteiger partial charge is 0.371 e. The second-order valence-corrected chi connectivity index (χ2v) is 4.77. The molecule has 6 heteroatoms. The predicted molar refractivity (Wildman–Crippen MR) is 80.6 cm³/mol. The molecule has 22 heavy (non-hydrogen) atoms. The summed E-state index contributed by atoms with van der Waals surface area (Å²) >= 11 is 0. The first-order valence-corrected chi connectivity index (χ1v) is 6.89. The molecule has 0 bridgehead atoms. The van der Waals surface area contributed by atoms with Gasteiger partial charge in [-0.3, -0.25) is 4.79 Å². The predicted octanol–water partition coefficient (Wildman–Crippen LogP) is 3.33. The molecular weight excluding hydrogens is 286 g/mol. The molecular formula is C16H17NO5. The molecule has 0 unspecified atom stereocenters. The van der Waals surface area contributed by atoms with E-state index in [1.807, 2.05) is 26.0 Å². The van der Waals surface area contributed by atoms with Gasteiger partial charge in [-0.25, -0.2) is 4.79 Å². The second-order valence-electron chi connectivity index (χ2n) is 4.77. The molecule has 6 nitrogen and oxygen atoms in total. The van der Waals surface area contributed by atoms with Crippen LogP contribution in [0, 0.1) is 6.92 Å². The number of benzene rings is 1. The van der Waals surface area contributed by atoms with Crippen molar-refractivity contribution in [3.05, 3.63) is 47.4 Å². The highest BCUT2D eigenvalue weighted by atomic mass is 16.5. The lowest BCUT2D eigenvalue weighted by atomic mass is 10.2. The number of aryl methyl sites for hydroxylation is 1. The number of amides is 1. The highest BCUT2D eigenvalue weighted by molar-refractivity contribution is 6.03. The number of hydrogen-bond donors (Lipinski definition) is 2. The Morgan fingerprint density at radius 3 is 2.59 bits per heavy atom. The van der Waals surface area contributed by atoms with Gasteiger partial charge < -0.3 is 19.6 Å². The Hall–Kier alpha value is -2.76. The molecule has 0 radical (unpaired) electrons. The minimum Gasteiger partial charge on any atom is -0.491 e. The van der Waals surface area contributed by atoms with Gasteiger partial charge >= 0.3 is 5.97 Å². The Balaban J connectivity index is 2.18. The molecule has 2 aromatic rings. The lowest BCUT2D eigenvalue weighted by Crippen LogP contribution is -2.12. The van der Waals surface area contributed by atoms with Crippen LogP contribution in [0.1, 0.15) is 40.0 Å². The number of nitrogens with one attached hydrogen (secondary N) is 1. The van der Waals surface area contributed by atoms with Crippen LogP contribution in [0.5, 0.6) is 5.75 Å². The van der Waals surface area contributed by atoms with E-state index in [4.69, 9.17) is 14.3 Å². The summed E-state index contributed by atoms with van der Waals surface area (Å²) in [6.45, 7) is 4.46. The topological polar surface area (TPSA) is 88.8 Å². The van der Waals surface area contributed by atoms with E-state index in [0.29, 0.717) is 18.0 Å². The van der Waals surface area contributed by atoms with E-state index in [-0.39, 0.29) is 11.5 Å². The largest absolute Gasteiger partial charge is 0.491 e. The number of carbonyl (C=O) groups excluding carboxylic acids is 1. The first-order chi connectivity index (χ1) is 10.5. The third-order valence-corrected chi connectivity index (χ3v) is 2.89. The van der Waals surface area contributed by atoms with Crippen molar-refractivity contribution in [1.29, 1.82) is 0 Å². The summed E-state index contributed by atoms with van der Waals surface area (Å²) in [5.41, 5.74) is 1.52. The molecule has 0 aliphatic carbocycles. The Morgan fingerprint density at radius 2 is 1.95 bits per heavy atom. The molecule has 0 aliphatic rings. The van der Waals surface area contributed by atoms with Crippen molar-refractivity contribution < 1.29 is 23.8 Å². The molecule has 0 saturated heterocycles. The van der Waals surface area contributed by atoms with Gasteiger partial charge in [-0.05, 0) is 43.2 Å². The second kappa shape index (κ2) is 6.80. The van der Waals surface area contributed by atoms with Gasteiger partial charge in [-0.1, -0.05) is 13.0 Å². The van der Waals surface area contributed by atoms with Gasteiger partial charge in [0.05, 0.1) is 12.3 Å². The Labute approximate surface area is 127 Å². The fraction of sp³-hybridized carbons (Fsp3) is 0.250. The Bertz CT molecular complexity index is 690. The zero-order valence-electron chi connectivity index (χ0n) is 12.4. The third-order valence-electron chi connectivity index (χ3n) is 2.89. The quantitative estimate of drug-likeness (QED) is 0.854. The monoisotopic (exact) mass is 303 g/mol. The van der Waals surface area contributed by atoms with E-state index >= 15 is 0 Å². The average Bonchev–Trinajstić information content (AvgIpc) is 2.97. The maximum atomic E-state index is 12.1. The summed E-state index contributed by atoms with van der Waals surface area (Å²) in [6.07, 6.45) is 0.849. The van der Waals surface area contributed by atoms with Gasteiger partial charge in [-0.2, -0.15) is 0 Å². The first-order valence-electron chi connectivity index (χ1n) is 6.89. The molecule has 0 aliphatic heterocycles. The molecule has 1 aromatic carbocycles. The van der Waals surface area contributed by atoms with Crippen molar-refractivity contribution in [3.8, 4) is 5.75 Å². The van der Waals surface area contributed by atoms with E-state index in [2.05, 4.69) is 5.32 Å². The number of hydrogen-bond acceptors (Lipinski definition) is 4. The van der Waals surface area contributed by atoms with Crippen LogP contribution in [-0.4, -0.2) is 23.6 Å². The highest BCUT2D eigenvalue weighted by Crippen LogP contribution is 2.26. The summed E-state index contributed by atoms with van der Waals surface area (Å²) in [6, 6.07) is 7.97. The van der Waals surface area contributed by atoms with E-state index in [9.17, 15) is 9.59 Å². The van der Waals surface area contributed by atoms with Gasteiger partial charge in [-0.15, -0.1) is 0 Å². The number of aromatic carboxylic acids is 1. The number of carboxylic acids is 1. The maximum absolute atomic E-state index is 12.1. The number of carboxylic acid groups (broad SMARTS) is 1. The highest BCUT2D eigenvalue weighted by Gasteiger charge is 2.16. The molecule has 0 atom stereocenters. The lowest BCUT2D eigenvalue weighted by Gasteiger charge is -2.12. The van der Waals surface area contributed by atoms with Gasteiger partial charge in [0.25, 0.3) is 5.91 Å². The number of furan rings is 1. The van der Waals surface area contributed by atoms with Gasteiger partial charge in [0.2, 0.25) is 5.76 Å². The summed E-state index contributed by atoms with van der Waals surface area (Å²) in [4.78, 5) is 22.9. The molecule has 1 heterocycles. The zero-order chi connectivity index (χ0) is 16.1. The fourth-order valence-corrected chi connectivity index (χ4v) is 1.82. The molecule has 2 rings (SSSR count). The number of anilines is 1. The van der Waals surface area contributed by atoms with Crippen molar-refractivity contribution in [3.63, 3.8) is 0 Å². The fourth-order valence-electron chi connectivity index (χ4n) is 1.82. The number of carbonyl (C=O) groups is 2. The third kappa shape index (κ3) is 3.66. The van der Waals surface area contributed by atoms with Crippen LogP contribution >= 0.6 is 0 Å². The van der Waals surface area contributed by atoms with Crippen LogP contribution in [0.25, 0.3) is 0 Å². The Morgan fingerprint density at radius 1 is 1.23 bits per heavy atom. The van der Waals surface area contributed by atoms with Crippen LogP contribution in [0.3, 0.4) is 0 Å². The van der Waals surface area contributed by atoms with Crippen LogP contribution in [0.4, 0.5) is 5.69 Å². The summed E-state index contributed by atoms with van der Waals surface area (Å²) < 4.78 is 10.6. The van der Waals surface area contributed by atoms with E-state index in [1.165, 1.54) is 12.1 Å². The minimum absolute atomic E-state index is 0.0700. The van der Waals surface area contributed by atoms with E-state index < -0.39 is 11.9 Å². The maximum Gasteiger partial charge on any atom is 0.371 e. The molecule has 0 fully saturated rings. The van der Waals surface area contributed by atoms with Crippen molar-refractivity contribution >= 4 is 17.6 Å². The lowest BCUT2D eigenvalue weighted by molar-refractivity contribution is 0.0660. The molecule has 2 N–H and O–H groups in total. The van der Waals surface area contributed by atoms with Crippen molar-refractivity contribution in [2.45, 2.75) is 20.3 Å². The number of ether oxygens (including phenoxy) is 1. The van der Waals surface area contributed by atoms with E-state index in [0.717, 1.165) is 12.0 Å². The molecule has 1 aromatic heterocycles.